The lowest BCUT2D eigenvalue weighted by molar-refractivity contribution is -0.132. The van der Waals surface area contributed by atoms with Crippen molar-refractivity contribution in [2.45, 2.75) is 19.9 Å². The van der Waals surface area contributed by atoms with E-state index in [9.17, 15) is 9.59 Å². The van der Waals surface area contributed by atoms with Crippen molar-refractivity contribution in [2.75, 3.05) is 42.5 Å². The topological polar surface area (TPSA) is 74.6 Å². The van der Waals surface area contributed by atoms with Crippen LogP contribution in [0.5, 0.6) is 0 Å². The molecule has 2 amide bonds. The summed E-state index contributed by atoms with van der Waals surface area (Å²) in [7, 11) is 0. The summed E-state index contributed by atoms with van der Waals surface area (Å²) < 4.78 is 1.84. The minimum absolute atomic E-state index is 0.0340. The standard InChI is InChI=1S/C24H26N6O2/c1-18-5-7-19(8-6-18)20-16-22-29(23(31)9-11-30(22)26-20)17-24(32)28-14-12-27(13-15-28)21-4-2-3-10-25-21/h2-8,10,16H,9,11-15,17H2,1H3. The molecule has 4 heterocycles. The zero-order valence-electron chi connectivity index (χ0n) is 18.1. The van der Waals surface area contributed by atoms with Crippen molar-refractivity contribution < 1.29 is 9.59 Å². The van der Waals surface area contributed by atoms with Gasteiger partial charge in [-0.25, -0.2) is 9.67 Å². The predicted molar refractivity (Wildman–Crippen MR) is 122 cm³/mol. The number of fused-ring (bicyclic) bond motifs is 1. The summed E-state index contributed by atoms with van der Waals surface area (Å²) in [6.45, 7) is 5.31. The molecule has 1 aromatic carbocycles. The van der Waals surface area contributed by atoms with Gasteiger partial charge in [0.15, 0.2) is 0 Å². The summed E-state index contributed by atoms with van der Waals surface area (Å²) in [5, 5.41) is 4.68. The molecule has 2 aliphatic rings. The average Bonchev–Trinajstić information content (AvgIpc) is 3.27. The van der Waals surface area contributed by atoms with E-state index in [0.29, 0.717) is 31.9 Å². The highest BCUT2D eigenvalue weighted by Crippen LogP contribution is 2.28. The zero-order chi connectivity index (χ0) is 22.1. The summed E-state index contributed by atoms with van der Waals surface area (Å²) in [4.78, 5) is 35.7. The van der Waals surface area contributed by atoms with Gasteiger partial charge in [0.05, 0.1) is 12.2 Å². The van der Waals surface area contributed by atoms with Gasteiger partial charge in [0, 0.05) is 50.4 Å². The molecule has 0 radical (unpaired) electrons. The second-order valence-corrected chi connectivity index (χ2v) is 8.26. The Morgan fingerprint density at radius 1 is 1.00 bits per heavy atom. The van der Waals surface area contributed by atoms with Crippen LogP contribution in [-0.4, -0.2) is 64.2 Å². The van der Waals surface area contributed by atoms with E-state index in [1.54, 1.807) is 11.1 Å². The average molecular weight is 431 g/mol. The van der Waals surface area contributed by atoms with E-state index in [1.165, 1.54) is 5.56 Å². The Labute approximate surface area is 187 Å². The Hall–Kier alpha value is -3.68. The zero-order valence-corrected chi connectivity index (χ0v) is 18.1. The molecule has 8 heteroatoms. The number of rotatable bonds is 4. The van der Waals surface area contributed by atoms with Crippen LogP contribution in [-0.2, 0) is 16.1 Å². The normalized spacial score (nSPS) is 16.3. The first-order chi connectivity index (χ1) is 15.6. The fourth-order valence-electron chi connectivity index (χ4n) is 4.25. The summed E-state index contributed by atoms with van der Waals surface area (Å²) >= 11 is 0. The van der Waals surface area contributed by atoms with Gasteiger partial charge in [-0.3, -0.25) is 14.5 Å². The van der Waals surface area contributed by atoms with E-state index in [1.807, 2.05) is 65.0 Å². The van der Waals surface area contributed by atoms with Crippen LogP contribution in [0.1, 0.15) is 12.0 Å². The highest BCUT2D eigenvalue weighted by molar-refractivity contribution is 5.99. The Morgan fingerprint density at radius 3 is 2.50 bits per heavy atom. The third-order valence-corrected chi connectivity index (χ3v) is 6.12. The first-order valence-electron chi connectivity index (χ1n) is 11.0. The molecule has 1 fully saturated rings. The second-order valence-electron chi connectivity index (χ2n) is 8.26. The first kappa shape index (κ1) is 20.2. The third kappa shape index (κ3) is 3.95. The molecule has 1 saturated heterocycles. The van der Waals surface area contributed by atoms with Gasteiger partial charge in [-0.05, 0) is 19.1 Å². The van der Waals surface area contributed by atoms with Gasteiger partial charge < -0.3 is 9.80 Å². The quantitative estimate of drug-likeness (QED) is 0.635. The minimum Gasteiger partial charge on any atom is -0.353 e. The molecule has 2 aromatic heterocycles. The molecule has 0 spiro atoms. The van der Waals surface area contributed by atoms with Crippen LogP contribution >= 0.6 is 0 Å². The van der Waals surface area contributed by atoms with Gasteiger partial charge >= 0.3 is 0 Å². The number of hydrogen-bond donors (Lipinski definition) is 0. The molecule has 5 rings (SSSR count). The van der Waals surface area contributed by atoms with E-state index in [4.69, 9.17) is 0 Å². The molecule has 0 unspecified atom stereocenters. The number of anilines is 2. The molecule has 0 bridgehead atoms. The van der Waals surface area contributed by atoms with E-state index in [2.05, 4.69) is 15.0 Å². The maximum absolute atomic E-state index is 13.0. The number of nitrogens with zero attached hydrogens (tertiary/aromatic N) is 6. The number of carbonyl (C=O) groups is 2. The maximum Gasteiger partial charge on any atom is 0.242 e. The van der Waals surface area contributed by atoms with Crippen molar-refractivity contribution in [1.29, 1.82) is 0 Å². The number of pyridine rings is 1. The highest BCUT2D eigenvalue weighted by atomic mass is 16.2. The molecule has 2 aliphatic heterocycles. The third-order valence-electron chi connectivity index (χ3n) is 6.12. The van der Waals surface area contributed by atoms with Crippen LogP contribution in [0.15, 0.2) is 54.7 Å². The molecular weight excluding hydrogens is 404 g/mol. The van der Waals surface area contributed by atoms with Crippen molar-refractivity contribution in [3.63, 3.8) is 0 Å². The Balaban J connectivity index is 1.28. The van der Waals surface area contributed by atoms with Gasteiger partial charge in [-0.1, -0.05) is 35.9 Å². The fraction of sp³-hybridized carbons (Fsp3) is 0.333. The van der Waals surface area contributed by atoms with Gasteiger partial charge in [0.25, 0.3) is 0 Å². The maximum atomic E-state index is 13.0. The SMILES string of the molecule is Cc1ccc(-c2cc3n(n2)CCC(=O)N3CC(=O)N2CCN(c3ccccn3)CC2)cc1. The number of aromatic nitrogens is 3. The molecular formula is C24H26N6O2. The Morgan fingerprint density at radius 2 is 1.78 bits per heavy atom. The summed E-state index contributed by atoms with van der Waals surface area (Å²) in [6.07, 6.45) is 2.13. The lowest BCUT2D eigenvalue weighted by atomic mass is 10.1. The molecule has 32 heavy (non-hydrogen) atoms. The highest BCUT2D eigenvalue weighted by Gasteiger charge is 2.30. The molecule has 0 saturated carbocycles. The van der Waals surface area contributed by atoms with Gasteiger partial charge in [0.2, 0.25) is 11.8 Å². The number of hydrogen-bond acceptors (Lipinski definition) is 5. The van der Waals surface area contributed by atoms with Crippen molar-refractivity contribution in [3.05, 3.63) is 60.3 Å². The predicted octanol–water partition coefficient (Wildman–Crippen LogP) is 2.34. The lowest BCUT2D eigenvalue weighted by Crippen LogP contribution is -2.52. The largest absolute Gasteiger partial charge is 0.353 e. The number of amides is 2. The van der Waals surface area contributed by atoms with Gasteiger partial charge in [-0.2, -0.15) is 5.10 Å². The molecule has 0 N–H and O–H groups in total. The minimum atomic E-state index is -0.0365. The van der Waals surface area contributed by atoms with E-state index < -0.39 is 0 Å². The first-order valence-corrected chi connectivity index (χ1v) is 11.0. The van der Waals surface area contributed by atoms with Crippen LogP contribution in [0, 0.1) is 6.92 Å². The lowest BCUT2D eigenvalue weighted by Gasteiger charge is -2.36. The van der Waals surface area contributed by atoms with E-state index in [-0.39, 0.29) is 18.4 Å². The molecule has 164 valence electrons. The Kier molecular flexibility index (Phi) is 5.34. The number of carbonyl (C=O) groups excluding carboxylic acids is 2. The van der Waals surface area contributed by atoms with Crippen LogP contribution in [0.4, 0.5) is 11.6 Å². The van der Waals surface area contributed by atoms with Crippen LogP contribution < -0.4 is 9.80 Å². The molecule has 8 nitrogen and oxygen atoms in total. The fourth-order valence-corrected chi connectivity index (χ4v) is 4.25. The summed E-state index contributed by atoms with van der Waals surface area (Å²) in [6, 6.07) is 15.9. The summed E-state index contributed by atoms with van der Waals surface area (Å²) in [5.41, 5.74) is 3.00. The number of aryl methyl sites for hydroxylation is 2. The van der Waals surface area contributed by atoms with Gasteiger partial charge in [-0.15, -0.1) is 0 Å². The molecule has 3 aromatic rings. The molecule has 0 aliphatic carbocycles. The smallest absolute Gasteiger partial charge is 0.242 e. The summed E-state index contributed by atoms with van der Waals surface area (Å²) in [5.74, 6) is 1.55. The van der Waals surface area contributed by atoms with Crippen LogP contribution in [0.25, 0.3) is 11.3 Å². The Bertz CT molecular complexity index is 1120. The van der Waals surface area contributed by atoms with E-state index in [0.717, 1.165) is 30.2 Å². The van der Waals surface area contributed by atoms with Crippen molar-refractivity contribution in [3.8, 4) is 11.3 Å². The second kappa shape index (κ2) is 8.45. The number of piperazine rings is 1. The number of benzene rings is 1. The monoisotopic (exact) mass is 430 g/mol. The van der Waals surface area contributed by atoms with Crippen LogP contribution in [0.2, 0.25) is 0 Å². The van der Waals surface area contributed by atoms with E-state index >= 15 is 0 Å². The van der Waals surface area contributed by atoms with Crippen molar-refractivity contribution in [1.82, 2.24) is 19.7 Å². The van der Waals surface area contributed by atoms with Gasteiger partial charge in [0.1, 0.15) is 18.2 Å². The van der Waals surface area contributed by atoms with Crippen molar-refractivity contribution >= 4 is 23.5 Å². The molecule has 0 atom stereocenters. The van der Waals surface area contributed by atoms with Crippen LogP contribution in [0.3, 0.4) is 0 Å². The van der Waals surface area contributed by atoms with Crippen molar-refractivity contribution in [2.24, 2.45) is 0 Å².